The summed E-state index contributed by atoms with van der Waals surface area (Å²) in [5.74, 6) is 0.108. The fraction of sp³-hybridized carbons (Fsp3) is 0.750. The van der Waals surface area contributed by atoms with Crippen LogP contribution in [0.1, 0.15) is 41.6 Å². The summed E-state index contributed by atoms with van der Waals surface area (Å²) in [5, 5.41) is 7.27. The second kappa shape index (κ2) is 6.24. The van der Waals surface area contributed by atoms with Crippen molar-refractivity contribution in [3.05, 3.63) is 10.6 Å². The van der Waals surface area contributed by atoms with Gasteiger partial charge in [-0.3, -0.25) is 4.79 Å². The fourth-order valence-corrected chi connectivity index (χ4v) is 2.98. The first-order chi connectivity index (χ1) is 8.74. The number of hydrogen-bond acceptors (Lipinski definition) is 5. The molecule has 1 N–H and O–H groups in total. The molecule has 6 heteroatoms. The summed E-state index contributed by atoms with van der Waals surface area (Å²) >= 11 is 1.21. The van der Waals surface area contributed by atoms with Gasteiger partial charge in [-0.15, -0.1) is 5.10 Å². The third-order valence-corrected chi connectivity index (χ3v) is 4.14. The van der Waals surface area contributed by atoms with Crippen molar-refractivity contribution in [2.75, 3.05) is 19.6 Å². The van der Waals surface area contributed by atoms with Crippen molar-refractivity contribution in [3.63, 3.8) is 0 Å². The van der Waals surface area contributed by atoms with Crippen LogP contribution in [0.4, 0.5) is 0 Å². The number of hydrogen-bond donors (Lipinski definition) is 1. The van der Waals surface area contributed by atoms with E-state index in [0.29, 0.717) is 10.9 Å². The maximum atomic E-state index is 12.6. The Bertz CT molecular complexity index is 401. The number of amides is 1. The Labute approximate surface area is 112 Å². The van der Waals surface area contributed by atoms with Crippen LogP contribution in [0.25, 0.3) is 0 Å². The van der Waals surface area contributed by atoms with Crippen LogP contribution >= 0.6 is 11.5 Å². The molecule has 1 amide bonds. The Morgan fingerprint density at radius 3 is 2.78 bits per heavy atom. The molecule has 2 heterocycles. The molecule has 0 spiro atoms. The molecular formula is C12H20N4OS. The van der Waals surface area contributed by atoms with Gasteiger partial charge >= 0.3 is 0 Å². The minimum absolute atomic E-state index is 0.108. The topological polar surface area (TPSA) is 58.1 Å². The Balaban J connectivity index is 2.13. The lowest BCUT2D eigenvalue weighted by molar-refractivity contribution is 0.0646. The summed E-state index contributed by atoms with van der Waals surface area (Å²) in [5.41, 5.74) is 0.750. The molecule has 18 heavy (non-hydrogen) atoms. The highest BCUT2D eigenvalue weighted by atomic mass is 32.1. The SMILES string of the molecule is CCCN(C(=O)c1snnc1C)C1CCNCC1. The number of aromatic nitrogens is 2. The standard InChI is InChI=1S/C12H20N4OS/c1-3-8-16(10-4-6-13-7-5-10)12(17)11-9(2)14-15-18-11/h10,13H,3-8H2,1-2H3. The zero-order valence-electron chi connectivity index (χ0n) is 11.0. The lowest BCUT2D eigenvalue weighted by atomic mass is 10.0. The minimum Gasteiger partial charge on any atom is -0.335 e. The second-order valence-corrected chi connectivity index (χ2v) is 5.42. The molecule has 5 nitrogen and oxygen atoms in total. The molecule has 0 radical (unpaired) electrons. The van der Waals surface area contributed by atoms with Gasteiger partial charge in [-0.25, -0.2) is 0 Å². The zero-order valence-corrected chi connectivity index (χ0v) is 11.8. The summed E-state index contributed by atoms with van der Waals surface area (Å²) in [6, 6.07) is 0.361. The summed E-state index contributed by atoms with van der Waals surface area (Å²) in [6.07, 6.45) is 3.06. The van der Waals surface area contributed by atoms with Crippen molar-refractivity contribution in [1.29, 1.82) is 0 Å². The molecule has 1 aromatic heterocycles. The molecule has 0 atom stereocenters. The van der Waals surface area contributed by atoms with E-state index >= 15 is 0 Å². The molecule has 1 aliphatic rings. The van der Waals surface area contributed by atoms with Gasteiger partial charge in [0.2, 0.25) is 0 Å². The van der Waals surface area contributed by atoms with E-state index in [1.165, 1.54) is 11.5 Å². The van der Waals surface area contributed by atoms with Crippen LogP contribution in [-0.2, 0) is 0 Å². The predicted octanol–water partition coefficient (Wildman–Crippen LogP) is 1.45. The quantitative estimate of drug-likeness (QED) is 0.898. The molecule has 100 valence electrons. The van der Waals surface area contributed by atoms with E-state index in [2.05, 4.69) is 21.8 Å². The largest absolute Gasteiger partial charge is 0.335 e. The van der Waals surface area contributed by atoms with Gasteiger partial charge in [0.05, 0.1) is 5.69 Å². The van der Waals surface area contributed by atoms with Crippen LogP contribution < -0.4 is 5.32 Å². The molecule has 1 saturated heterocycles. The fourth-order valence-electron chi connectivity index (χ4n) is 2.37. The molecule has 1 aromatic rings. The summed E-state index contributed by atoms with van der Waals surface area (Å²) < 4.78 is 3.86. The van der Waals surface area contributed by atoms with E-state index in [4.69, 9.17) is 0 Å². The Morgan fingerprint density at radius 1 is 1.50 bits per heavy atom. The Morgan fingerprint density at radius 2 is 2.22 bits per heavy atom. The van der Waals surface area contributed by atoms with Crippen LogP contribution in [0.3, 0.4) is 0 Å². The first kappa shape index (κ1) is 13.4. The number of rotatable bonds is 4. The van der Waals surface area contributed by atoms with Crippen molar-refractivity contribution in [1.82, 2.24) is 19.8 Å². The number of aryl methyl sites for hydroxylation is 1. The number of carbonyl (C=O) groups is 1. The average Bonchev–Trinajstić information content (AvgIpc) is 2.82. The van der Waals surface area contributed by atoms with Crippen molar-refractivity contribution < 1.29 is 4.79 Å². The summed E-state index contributed by atoms with van der Waals surface area (Å²) in [4.78, 5) is 15.3. The van der Waals surface area contributed by atoms with Gasteiger partial charge in [0.15, 0.2) is 0 Å². The number of nitrogens with one attached hydrogen (secondary N) is 1. The second-order valence-electron chi connectivity index (χ2n) is 4.67. The van der Waals surface area contributed by atoms with E-state index < -0.39 is 0 Å². The van der Waals surface area contributed by atoms with Crippen LogP contribution in [0.5, 0.6) is 0 Å². The highest BCUT2D eigenvalue weighted by Gasteiger charge is 2.27. The number of carbonyl (C=O) groups excluding carboxylic acids is 1. The van der Waals surface area contributed by atoms with Gasteiger partial charge in [-0.1, -0.05) is 11.4 Å². The van der Waals surface area contributed by atoms with Crippen molar-refractivity contribution in [2.45, 2.75) is 39.2 Å². The lowest BCUT2D eigenvalue weighted by Crippen LogP contribution is -2.46. The zero-order chi connectivity index (χ0) is 13.0. The van der Waals surface area contributed by atoms with Crippen LogP contribution in [0.2, 0.25) is 0 Å². The van der Waals surface area contributed by atoms with E-state index in [9.17, 15) is 4.79 Å². The molecule has 0 aromatic carbocycles. The first-order valence-electron chi connectivity index (χ1n) is 6.54. The normalized spacial score (nSPS) is 16.8. The third kappa shape index (κ3) is 2.87. The highest BCUT2D eigenvalue weighted by molar-refractivity contribution is 7.07. The van der Waals surface area contributed by atoms with E-state index in [1.807, 2.05) is 11.8 Å². The van der Waals surface area contributed by atoms with E-state index in [-0.39, 0.29) is 5.91 Å². The number of piperidine rings is 1. The lowest BCUT2D eigenvalue weighted by Gasteiger charge is -2.34. The van der Waals surface area contributed by atoms with Gasteiger partial charge < -0.3 is 10.2 Å². The highest BCUT2D eigenvalue weighted by Crippen LogP contribution is 2.19. The molecule has 1 fully saturated rings. The summed E-state index contributed by atoms with van der Waals surface area (Å²) in [7, 11) is 0. The van der Waals surface area contributed by atoms with Gasteiger partial charge in [0.1, 0.15) is 4.88 Å². The predicted molar refractivity (Wildman–Crippen MR) is 71.9 cm³/mol. The smallest absolute Gasteiger partial charge is 0.267 e. The maximum Gasteiger partial charge on any atom is 0.267 e. The third-order valence-electron chi connectivity index (χ3n) is 3.32. The van der Waals surface area contributed by atoms with Crippen LogP contribution in [0.15, 0.2) is 0 Å². The number of nitrogens with zero attached hydrogens (tertiary/aromatic N) is 3. The molecule has 2 rings (SSSR count). The Kier molecular flexibility index (Phi) is 4.66. The van der Waals surface area contributed by atoms with Crippen LogP contribution in [0, 0.1) is 6.92 Å². The molecule has 0 unspecified atom stereocenters. The summed E-state index contributed by atoms with van der Waals surface area (Å²) in [6.45, 7) is 6.78. The molecular weight excluding hydrogens is 248 g/mol. The van der Waals surface area contributed by atoms with Crippen molar-refractivity contribution in [3.8, 4) is 0 Å². The van der Waals surface area contributed by atoms with Gasteiger partial charge in [0, 0.05) is 12.6 Å². The molecule has 0 bridgehead atoms. The van der Waals surface area contributed by atoms with Gasteiger partial charge in [-0.2, -0.15) is 0 Å². The maximum absolute atomic E-state index is 12.6. The molecule has 0 aliphatic carbocycles. The first-order valence-corrected chi connectivity index (χ1v) is 7.32. The van der Waals surface area contributed by atoms with Gasteiger partial charge in [-0.05, 0) is 50.8 Å². The molecule has 1 aliphatic heterocycles. The van der Waals surface area contributed by atoms with Crippen molar-refractivity contribution in [2.24, 2.45) is 0 Å². The molecule has 0 saturated carbocycles. The van der Waals surface area contributed by atoms with E-state index in [0.717, 1.165) is 44.6 Å². The van der Waals surface area contributed by atoms with Gasteiger partial charge in [0.25, 0.3) is 5.91 Å². The monoisotopic (exact) mass is 268 g/mol. The van der Waals surface area contributed by atoms with E-state index in [1.54, 1.807) is 0 Å². The van der Waals surface area contributed by atoms with Crippen LogP contribution in [-0.4, -0.2) is 46.1 Å². The average molecular weight is 268 g/mol. The minimum atomic E-state index is 0.108. The Hall–Kier alpha value is -1.01. The van der Waals surface area contributed by atoms with Crippen molar-refractivity contribution >= 4 is 17.4 Å².